The first-order valence-corrected chi connectivity index (χ1v) is 6.67. The minimum atomic E-state index is -0.160. The van der Waals surface area contributed by atoms with E-state index in [1.807, 2.05) is 36.4 Å². The van der Waals surface area contributed by atoms with Crippen LogP contribution in [0.2, 0.25) is 0 Å². The Morgan fingerprint density at radius 2 is 1.94 bits per heavy atom. The van der Waals surface area contributed by atoms with E-state index in [0.717, 1.165) is 31.2 Å². The number of nitrogens with two attached hydrogens (primary N) is 1. The van der Waals surface area contributed by atoms with Crippen LogP contribution in [0.1, 0.15) is 50.1 Å². The molecule has 0 fully saturated rings. The van der Waals surface area contributed by atoms with E-state index in [2.05, 4.69) is 6.58 Å². The number of Topliss-reactive ketones (excluding diaryl/α,β-unsaturated/α-hetero) is 1. The normalized spacial score (nSPS) is 12.1. The minimum absolute atomic E-state index is 0.160. The van der Waals surface area contributed by atoms with Gasteiger partial charge in [-0.3, -0.25) is 4.79 Å². The van der Waals surface area contributed by atoms with Crippen LogP contribution in [0.3, 0.4) is 0 Å². The number of allylic oxidation sites excluding steroid dienone is 1. The molecular weight excluding hydrogens is 222 g/mol. The fraction of sp³-hybridized carbons (Fsp3) is 0.438. The maximum Gasteiger partial charge on any atom is 0.134 e. The number of hydrogen-bond acceptors (Lipinski definition) is 2. The van der Waals surface area contributed by atoms with E-state index in [-0.39, 0.29) is 11.8 Å². The summed E-state index contributed by atoms with van der Waals surface area (Å²) >= 11 is 0. The highest BCUT2D eigenvalue weighted by Crippen LogP contribution is 2.15. The number of benzene rings is 1. The monoisotopic (exact) mass is 245 g/mol. The second-order valence-corrected chi connectivity index (χ2v) is 4.65. The van der Waals surface area contributed by atoms with Gasteiger partial charge in [-0.2, -0.15) is 0 Å². The molecule has 1 atom stereocenters. The summed E-state index contributed by atoms with van der Waals surface area (Å²) in [4.78, 5) is 11.8. The molecule has 1 aromatic rings. The fourth-order valence-electron chi connectivity index (χ4n) is 1.95. The molecule has 0 aliphatic carbocycles. The zero-order valence-electron chi connectivity index (χ0n) is 11.0. The third-order valence-electron chi connectivity index (χ3n) is 3.04. The Kier molecular flexibility index (Phi) is 7.04. The van der Waals surface area contributed by atoms with Gasteiger partial charge in [0, 0.05) is 18.9 Å². The zero-order chi connectivity index (χ0) is 13.2. The first-order chi connectivity index (χ1) is 8.74. The van der Waals surface area contributed by atoms with Crippen molar-refractivity contribution in [3.8, 4) is 0 Å². The first kappa shape index (κ1) is 14.7. The molecule has 2 heteroatoms. The summed E-state index contributed by atoms with van der Waals surface area (Å²) in [7, 11) is 0. The van der Waals surface area contributed by atoms with Gasteiger partial charge in [-0.15, -0.1) is 6.58 Å². The van der Waals surface area contributed by atoms with Gasteiger partial charge in [0.25, 0.3) is 0 Å². The molecule has 0 aliphatic heterocycles. The summed E-state index contributed by atoms with van der Waals surface area (Å²) in [5.74, 6) is 0.268. The summed E-state index contributed by atoms with van der Waals surface area (Å²) < 4.78 is 0. The molecule has 1 unspecified atom stereocenters. The second kappa shape index (κ2) is 8.65. The van der Waals surface area contributed by atoms with Gasteiger partial charge in [0.05, 0.1) is 0 Å². The summed E-state index contributed by atoms with van der Waals surface area (Å²) in [5.41, 5.74) is 7.05. The molecule has 0 saturated carbocycles. The Balaban J connectivity index is 2.21. The Morgan fingerprint density at radius 1 is 1.22 bits per heavy atom. The summed E-state index contributed by atoms with van der Waals surface area (Å²) in [5, 5.41) is 0. The van der Waals surface area contributed by atoms with Gasteiger partial charge in [0.2, 0.25) is 0 Å². The van der Waals surface area contributed by atoms with Gasteiger partial charge < -0.3 is 5.73 Å². The van der Waals surface area contributed by atoms with E-state index in [0.29, 0.717) is 12.8 Å². The van der Waals surface area contributed by atoms with Crippen molar-refractivity contribution < 1.29 is 4.79 Å². The number of carbonyl (C=O) groups is 1. The van der Waals surface area contributed by atoms with Gasteiger partial charge in [0.1, 0.15) is 5.78 Å². The molecule has 98 valence electrons. The van der Waals surface area contributed by atoms with Crippen molar-refractivity contribution in [2.75, 3.05) is 0 Å². The number of hydrogen-bond donors (Lipinski definition) is 1. The van der Waals surface area contributed by atoms with Crippen molar-refractivity contribution in [2.45, 2.75) is 44.6 Å². The van der Waals surface area contributed by atoms with E-state index in [4.69, 9.17) is 5.73 Å². The van der Waals surface area contributed by atoms with Crippen LogP contribution in [0.5, 0.6) is 0 Å². The van der Waals surface area contributed by atoms with Gasteiger partial charge >= 0.3 is 0 Å². The summed E-state index contributed by atoms with van der Waals surface area (Å²) in [6, 6.07) is 9.65. The van der Waals surface area contributed by atoms with E-state index >= 15 is 0 Å². The molecule has 18 heavy (non-hydrogen) atoms. The number of carbonyl (C=O) groups excluding carboxylic acids is 1. The van der Waals surface area contributed by atoms with Crippen molar-refractivity contribution in [1.29, 1.82) is 0 Å². The van der Waals surface area contributed by atoms with Crippen molar-refractivity contribution >= 4 is 5.78 Å². The predicted octanol–water partition coefficient (Wildman–Crippen LogP) is 3.78. The lowest BCUT2D eigenvalue weighted by Crippen LogP contribution is -2.15. The van der Waals surface area contributed by atoms with Crippen LogP contribution in [0.15, 0.2) is 43.0 Å². The molecule has 1 rings (SSSR count). The van der Waals surface area contributed by atoms with Crippen LogP contribution in [0.25, 0.3) is 0 Å². The second-order valence-electron chi connectivity index (χ2n) is 4.65. The molecule has 2 N–H and O–H groups in total. The largest absolute Gasteiger partial charge is 0.324 e. The number of rotatable bonds is 9. The molecule has 0 aliphatic rings. The lowest BCUT2D eigenvalue weighted by Gasteiger charge is -2.10. The average molecular weight is 245 g/mol. The van der Waals surface area contributed by atoms with Crippen LogP contribution in [0, 0.1) is 0 Å². The molecule has 0 heterocycles. The lowest BCUT2D eigenvalue weighted by molar-refractivity contribution is -0.119. The Bertz CT molecular complexity index is 359. The lowest BCUT2D eigenvalue weighted by atomic mass is 9.99. The van der Waals surface area contributed by atoms with E-state index < -0.39 is 0 Å². The third kappa shape index (κ3) is 5.78. The van der Waals surface area contributed by atoms with Crippen molar-refractivity contribution in [3.05, 3.63) is 48.6 Å². The van der Waals surface area contributed by atoms with E-state index in [1.54, 1.807) is 0 Å². The molecule has 2 nitrogen and oxygen atoms in total. The molecule has 0 radical (unpaired) electrons. The summed E-state index contributed by atoms with van der Waals surface area (Å²) in [6.45, 7) is 3.68. The predicted molar refractivity (Wildman–Crippen MR) is 76.3 cm³/mol. The number of ketones is 1. The van der Waals surface area contributed by atoms with E-state index in [1.165, 1.54) is 0 Å². The van der Waals surface area contributed by atoms with Gasteiger partial charge in [-0.05, 0) is 24.8 Å². The standard InChI is InChI=1S/C16H23NO/c1-2-3-4-5-9-12-15(18)13-16(17)14-10-7-6-8-11-14/h2,6-8,10-11,16H,1,3-5,9,12-13,17H2. The molecule has 0 bridgehead atoms. The van der Waals surface area contributed by atoms with E-state index in [9.17, 15) is 4.79 Å². The highest BCUT2D eigenvalue weighted by Gasteiger charge is 2.10. The Morgan fingerprint density at radius 3 is 2.61 bits per heavy atom. The van der Waals surface area contributed by atoms with Crippen molar-refractivity contribution in [1.82, 2.24) is 0 Å². The van der Waals surface area contributed by atoms with Crippen molar-refractivity contribution in [2.24, 2.45) is 5.73 Å². The quantitative estimate of drug-likeness (QED) is 0.531. The molecule has 1 aromatic carbocycles. The van der Waals surface area contributed by atoms with Crippen LogP contribution in [-0.4, -0.2) is 5.78 Å². The van der Waals surface area contributed by atoms with Crippen LogP contribution < -0.4 is 5.73 Å². The van der Waals surface area contributed by atoms with Crippen LogP contribution in [-0.2, 0) is 4.79 Å². The Labute approximate surface area is 110 Å². The van der Waals surface area contributed by atoms with Crippen LogP contribution in [0.4, 0.5) is 0 Å². The highest BCUT2D eigenvalue weighted by atomic mass is 16.1. The maximum absolute atomic E-state index is 11.8. The van der Waals surface area contributed by atoms with Gasteiger partial charge in [-0.25, -0.2) is 0 Å². The minimum Gasteiger partial charge on any atom is -0.324 e. The molecule has 0 amide bonds. The van der Waals surface area contributed by atoms with Crippen LogP contribution >= 0.6 is 0 Å². The van der Waals surface area contributed by atoms with Crippen molar-refractivity contribution in [3.63, 3.8) is 0 Å². The van der Waals surface area contributed by atoms with Gasteiger partial charge in [-0.1, -0.05) is 42.8 Å². The summed E-state index contributed by atoms with van der Waals surface area (Å²) in [6.07, 6.45) is 7.25. The molecule has 0 spiro atoms. The smallest absolute Gasteiger partial charge is 0.134 e. The topological polar surface area (TPSA) is 43.1 Å². The highest BCUT2D eigenvalue weighted by molar-refractivity contribution is 5.79. The Hall–Kier alpha value is -1.41. The van der Waals surface area contributed by atoms with Gasteiger partial charge in [0.15, 0.2) is 0 Å². The third-order valence-corrected chi connectivity index (χ3v) is 3.04. The number of unbranched alkanes of at least 4 members (excludes halogenated alkanes) is 3. The zero-order valence-corrected chi connectivity index (χ0v) is 11.0. The SMILES string of the molecule is C=CCCCCCC(=O)CC(N)c1ccccc1. The average Bonchev–Trinajstić information content (AvgIpc) is 2.39. The maximum atomic E-state index is 11.8. The first-order valence-electron chi connectivity index (χ1n) is 6.67. The molecular formula is C16H23NO. The molecule has 0 saturated heterocycles. The molecule has 0 aromatic heterocycles. The fourth-order valence-corrected chi connectivity index (χ4v) is 1.95.